The van der Waals surface area contributed by atoms with Crippen LogP contribution >= 0.6 is 0 Å². The summed E-state index contributed by atoms with van der Waals surface area (Å²) in [5, 5.41) is 9.10. The number of aliphatic imine (C=N–C) groups is 1. The van der Waals surface area contributed by atoms with Crippen LogP contribution in [0.25, 0.3) is 0 Å². The Morgan fingerprint density at radius 1 is 1.32 bits per heavy atom. The second-order valence-corrected chi connectivity index (χ2v) is 5.43. The minimum absolute atomic E-state index is 0.0294. The molecule has 10 heteroatoms. The van der Waals surface area contributed by atoms with E-state index in [-0.39, 0.29) is 30.8 Å². The van der Waals surface area contributed by atoms with Gasteiger partial charge >= 0.3 is 0 Å². The first-order valence-electron chi connectivity index (χ1n) is 8.62. The number of nitrogens with one attached hydrogen (secondary N) is 2. The Labute approximate surface area is 161 Å². The van der Waals surface area contributed by atoms with Gasteiger partial charge in [0.25, 0.3) is 12.3 Å². The summed E-state index contributed by atoms with van der Waals surface area (Å²) in [6.45, 7) is 5.95. The monoisotopic (exact) mass is 399 g/mol. The van der Waals surface area contributed by atoms with Crippen molar-refractivity contribution in [2.45, 2.75) is 33.2 Å². The number of ether oxygens (including phenoxy) is 1. The maximum Gasteiger partial charge on any atom is 0.276 e. The van der Waals surface area contributed by atoms with E-state index >= 15 is 0 Å². The van der Waals surface area contributed by atoms with Crippen molar-refractivity contribution >= 4 is 17.4 Å². The molecule has 154 valence electrons. The number of amides is 1. The summed E-state index contributed by atoms with van der Waals surface area (Å²) in [6.07, 6.45) is -2.47. The first kappa shape index (κ1) is 23.2. The highest BCUT2D eigenvalue weighted by Gasteiger charge is 2.22. The molecule has 2 aromatic rings. The molecule has 0 aliphatic carbocycles. The van der Waals surface area contributed by atoms with Crippen LogP contribution in [0.15, 0.2) is 35.3 Å². The number of aromatic amines is 1. The van der Waals surface area contributed by atoms with Crippen molar-refractivity contribution < 1.29 is 22.7 Å². The SMILES string of the molecule is CC.Cc1cc(C(=O)Nc2ccc(F)cc2)n[nH]1.NC1=NC(C(F)F)COC1. The number of amidine groups is 1. The number of halogens is 3. The van der Waals surface area contributed by atoms with Gasteiger partial charge in [0.2, 0.25) is 0 Å². The first-order chi connectivity index (χ1) is 13.3. The molecule has 1 aliphatic heterocycles. The average Bonchev–Trinajstić information content (AvgIpc) is 3.12. The minimum Gasteiger partial charge on any atom is -0.386 e. The van der Waals surface area contributed by atoms with Gasteiger partial charge < -0.3 is 15.8 Å². The van der Waals surface area contributed by atoms with E-state index in [1.807, 2.05) is 20.8 Å². The highest BCUT2D eigenvalue weighted by atomic mass is 19.3. The Kier molecular flexibility index (Phi) is 9.72. The smallest absolute Gasteiger partial charge is 0.276 e. The van der Waals surface area contributed by atoms with E-state index in [2.05, 4.69) is 20.5 Å². The van der Waals surface area contributed by atoms with Gasteiger partial charge in [0.1, 0.15) is 24.3 Å². The van der Waals surface area contributed by atoms with Gasteiger partial charge in [-0.05, 0) is 37.3 Å². The molecule has 0 radical (unpaired) electrons. The van der Waals surface area contributed by atoms with Gasteiger partial charge in [0, 0.05) is 11.4 Å². The van der Waals surface area contributed by atoms with Gasteiger partial charge in [0.05, 0.1) is 6.61 Å². The normalized spacial score (nSPS) is 15.5. The molecule has 2 heterocycles. The van der Waals surface area contributed by atoms with Gasteiger partial charge in [-0.15, -0.1) is 0 Å². The van der Waals surface area contributed by atoms with E-state index in [1.54, 1.807) is 6.07 Å². The first-order valence-corrected chi connectivity index (χ1v) is 8.62. The standard InChI is InChI=1S/C11H10FN3O.C5H8F2N2O.C2H6/c1-7-6-10(15-14-7)11(16)13-9-4-2-8(12)3-5-9;6-5(7)3-1-10-2-4(8)9-3;1-2/h2-6H,1H3,(H,13,16)(H,14,15);3,5H,1-2H2,(H2,8,9);1-2H3. The van der Waals surface area contributed by atoms with E-state index < -0.39 is 12.5 Å². The van der Waals surface area contributed by atoms with Crippen molar-refractivity contribution in [3.8, 4) is 0 Å². The Morgan fingerprint density at radius 2 is 1.96 bits per heavy atom. The van der Waals surface area contributed by atoms with Crippen molar-refractivity contribution in [2.24, 2.45) is 10.7 Å². The van der Waals surface area contributed by atoms with Crippen LogP contribution in [0.1, 0.15) is 30.0 Å². The van der Waals surface area contributed by atoms with Gasteiger partial charge in [-0.25, -0.2) is 13.2 Å². The summed E-state index contributed by atoms with van der Waals surface area (Å²) in [6, 6.07) is 6.13. The molecule has 1 aromatic heterocycles. The quantitative estimate of drug-likeness (QED) is 0.737. The molecule has 7 nitrogen and oxygen atoms in total. The Morgan fingerprint density at radius 3 is 2.43 bits per heavy atom. The third kappa shape index (κ3) is 7.78. The van der Waals surface area contributed by atoms with Crippen molar-refractivity contribution in [3.63, 3.8) is 0 Å². The molecule has 4 N–H and O–H groups in total. The summed E-state index contributed by atoms with van der Waals surface area (Å²) < 4.78 is 41.0. The van der Waals surface area contributed by atoms with Crippen molar-refractivity contribution in [2.75, 3.05) is 18.5 Å². The van der Waals surface area contributed by atoms with E-state index in [0.29, 0.717) is 11.4 Å². The zero-order valence-corrected chi connectivity index (χ0v) is 15.9. The Balaban J connectivity index is 0.000000281. The van der Waals surface area contributed by atoms with Gasteiger partial charge in [-0.3, -0.25) is 14.9 Å². The number of anilines is 1. The molecule has 28 heavy (non-hydrogen) atoms. The average molecular weight is 399 g/mol. The number of carbonyl (C=O) groups is 1. The number of benzene rings is 1. The summed E-state index contributed by atoms with van der Waals surface area (Å²) >= 11 is 0. The van der Waals surface area contributed by atoms with Crippen LogP contribution in [-0.2, 0) is 4.74 Å². The maximum absolute atomic E-state index is 12.6. The van der Waals surface area contributed by atoms with Crippen LogP contribution in [0.3, 0.4) is 0 Å². The van der Waals surface area contributed by atoms with Crippen LogP contribution in [0, 0.1) is 12.7 Å². The molecule has 0 fully saturated rings. The molecular weight excluding hydrogens is 375 g/mol. The summed E-state index contributed by atoms with van der Waals surface area (Å²) in [5.41, 5.74) is 6.81. The second kappa shape index (κ2) is 11.8. The predicted octanol–water partition coefficient (Wildman–Crippen LogP) is 3.14. The lowest BCUT2D eigenvalue weighted by Gasteiger charge is -2.17. The number of rotatable bonds is 3. The molecule has 1 amide bonds. The third-order valence-corrected chi connectivity index (χ3v) is 3.20. The second-order valence-electron chi connectivity index (χ2n) is 5.43. The molecule has 1 aromatic carbocycles. The van der Waals surface area contributed by atoms with Gasteiger partial charge in [-0.2, -0.15) is 5.10 Å². The van der Waals surface area contributed by atoms with Crippen LogP contribution in [0.2, 0.25) is 0 Å². The molecule has 1 aliphatic rings. The lowest BCUT2D eigenvalue weighted by Crippen LogP contribution is -2.34. The van der Waals surface area contributed by atoms with Gasteiger partial charge in [0.15, 0.2) is 5.69 Å². The van der Waals surface area contributed by atoms with Crippen LogP contribution in [0.5, 0.6) is 0 Å². The summed E-state index contributed by atoms with van der Waals surface area (Å²) in [4.78, 5) is 15.1. The number of aromatic nitrogens is 2. The van der Waals surface area contributed by atoms with E-state index in [9.17, 15) is 18.0 Å². The number of hydrogen-bond donors (Lipinski definition) is 3. The molecule has 1 atom stereocenters. The lowest BCUT2D eigenvalue weighted by molar-refractivity contribution is 0.0505. The number of hydrogen-bond acceptors (Lipinski definition) is 5. The number of H-pyrrole nitrogens is 1. The zero-order valence-electron chi connectivity index (χ0n) is 15.9. The molecule has 0 saturated carbocycles. The summed E-state index contributed by atoms with van der Waals surface area (Å²) in [7, 11) is 0. The van der Waals surface area contributed by atoms with E-state index in [0.717, 1.165) is 5.69 Å². The molecule has 0 saturated heterocycles. The zero-order chi connectivity index (χ0) is 21.1. The molecule has 3 rings (SSSR count). The lowest BCUT2D eigenvalue weighted by atomic mass is 10.3. The molecule has 1 unspecified atom stereocenters. The number of nitrogens with zero attached hydrogens (tertiary/aromatic N) is 2. The largest absolute Gasteiger partial charge is 0.386 e. The molecule has 0 spiro atoms. The Hall–Kier alpha value is -2.88. The third-order valence-electron chi connectivity index (χ3n) is 3.20. The van der Waals surface area contributed by atoms with Gasteiger partial charge in [-0.1, -0.05) is 13.8 Å². The summed E-state index contributed by atoms with van der Waals surface area (Å²) in [5.74, 6) is -0.513. The maximum atomic E-state index is 12.6. The number of aryl methyl sites for hydroxylation is 1. The number of nitrogens with two attached hydrogens (primary N) is 1. The van der Waals surface area contributed by atoms with Crippen LogP contribution in [-0.4, -0.2) is 47.6 Å². The number of alkyl halides is 2. The highest BCUT2D eigenvalue weighted by Crippen LogP contribution is 2.10. The van der Waals surface area contributed by atoms with Crippen molar-refractivity contribution in [1.29, 1.82) is 0 Å². The molecule has 0 bridgehead atoms. The van der Waals surface area contributed by atoms with Crippen molar-refractivity contribution in [1.82, 2.24) is 10.2 Å². The van der Waals surface area contributed by atoms with E-state index in [1.165, 1.54) is 24.3 Å². The van der Waals surface area contributed by atoms with Crippen LogP contribution < -0.4 is 11.1 Å². The fourth-order valence-electron chi connectivity index (χ4n) is 1.96. The highest BCUT2D eigenvalue weighted by molar-refractivity contribution is 6.02. The van der Waals surface area contributed by atoms with Crippen LogP contribution in [0.4, 0.5) is 18.9 Å². The Bertz CT molecular complexity index is 763. The fourth-order valence-corrected chi connectivity index (χ4v) is 1.96. The predicted molar refractivity (Wildman–Crippen MR) is 101 cm³/mol. The minimum atomic E-state index is -2.47. The van der Waals surface area contributed by atoms with Crippen molar-refractivity contribution in [3.05, 3.63) is 47.5 Å². The number of carbonyl (C=O) groups excluding carboxylic acids is 1. The topological polar surface area (TPSA) is 105 Å². The fraction of sp³-hybridized carbons (Fsp3) is 0.389. The molecular formula is C18H24F3N5O2. The van der Waals surface area contributed by atoms with E-state index in [4.69, 9.17) is 10.5 Å².